The third kappa shape index (κ3) is 8.92. The molecular formula is C30H36FN3O4S. The molecule has 0 aliphatic rings. The molecule has 0 unspecified atom stereocenters. The van der Waals surface area contributed by atoms with E-state index in [2.05, 4.69) is 5.32 Å². The fourth-order valence-corrected chi connectivity index (χ4v) is 5.31. The first-order valence-electron chi connectivity index (χ1n) is 13.0. The molecule has 0 aromatic heterocycles. The predicted molar refractivity (Wildman–Crippen MR) is 152 cm³/mol. The van der Waals surface area contributed by atoms with Crippen molar-refractivity contribution in [2.75, 3.05) is 17.1 Å². The van der Waals surface area contributed by atoms with Gasteiger partial charge >= 0.3 is 0 Å². The lowest BCUT2D eigenvalue weighted by Gasteiger charge is -2.32. The fraction of sp³-hybridized carbons (Fsp3) is 0.333. The zero-order valence-electron chi connectivity index (χ0n) is 22.6. The number of hydrogen-bond donors (Lipinski definition) is 1. The molecule has 0 spiro atoms. The van der Waals surface area contributed by atoms with Crippen LogP contribution in [0.2, 0.25) is 0 Å². The van der Waals surface area contributed by atoms with E-state index in [9.17, 15) is 22.4 Å². The van der Waals surface area contributed by atoms with Gasteiger partial charge in [0.15, 0.2) is 0 Å². The van der Waals surface area contributed by atoms with Crippen molar-refractivity contribution in [1.82, 2.24) is 10.2 Å². The molecule has 0 saturated heterocycles. The van der Waals surface area contributed by atoms with Crippen LogP contribution in [0.3, 0.4) is 0 Å². The summed E-state index contributed by atoms with van der Waals surface area (Å²) in [5.41, 5.74) is 1.66. The SMILES string of the molecule is CC(C)NC(=O)[C@@H](Cc1ccccc1)N(Cc1ccccc1F)C(=O)CCCN(c1ccccc1)S(C)(=O)=O. The third-order valence-corrected chi connectivity index (χ3v) is 7.39. The Balaban J connectivity index is 1.88. The van der Waals surface area contributed by atoms with Crippen molar-refractivity contribution in [3.05, 3.63) is 102 Å². The molecule has 0 aliphatic carbocycles. The van der Waals surface area contributed by atoms with Crippen LogP contribution in [-0.4, -0.2) is 50.0 Å². The molecule has 2 amide bonds. The minimum Gasteiger partial charge on any atom is -0.352 e. The summed E-state index contributed by atoms with van der Waals surface area (Å²) in [6.45, 7) is 3.67. The Kier molecular flexibility index (Phi) is 10.6. The molecule has 3 rings (SSSR count). The average molecular weight is 554 g/mol. The minimum atomic E-state index is -3.58. The van der Waals surface area contributed by atoms with Crippen molar-refractivity contribution >= 4 is 27.5 Å². The second kappa shape index (κ2) is 13.9. The number of amides is 2. The largest absolute Gasteiger partial charge is 0.352 e. The summed E-state index contributed by atoms with van der Waals surface area (Å²) in [5, 5.41) is 2.90. The monoisotopic (exact) mass is 553 g/mol. The summed E-state index contributed by atoms with van der Waals surface area (Å²) in [7, 11) is -3.58. The Morgan fingerprint density at radius 3 is 2.08 bits per heavy atom. The normalized spacial score (nSPS) is 12.1. The van der Waals surface area contributed by atoms with Crippen molar-refractivity contribution < 1.29 is 22.4 Å². The zero-order chi connectivity index (χ0) is 28.4. The molecule has 0 heterocycles. The van der Waals surface area contributed by atoms with Gasteiger partial charge in [-0.15, -0.1) is 0 Å². The molecule has 0 radical (unpaired) electrons. The molecule has 3 aromatic rings. The van der Waals surface area contributed by atoms with Crippen LogP contribution in [0.1, 0.15) is 37.8 Å². The van der Waals surface area contributed by atoms with Crippen LogP contribution in [0.5, 0.6) is 0 Å². The number of sulfonamides is 1. The standard InChI is InChI=1S/C30H36FN3O4S/c1-23(2)32-30(36)28(21-24-13-6-4-7-14-24)33(22-25-15-10-11-18-27(25)31)29(35)19-12-20-34(39(3,37)38)26-16-8-5-9-17-26/h4-11,13-18,23,28H,12,19-22H2,1-3H3,(H,32,36)/t28-/m1/s1. The zero-order valence-corrected chi connectivity index (χ0v) is 23.4. The molecule has 0 bridgehead atoms. The summed E-state index contributed by atoms with van der Waals surface area (Å²) in [6.07, 6.45) is 1.57. The molecule has 9 heteroatoms. The van der Waals surface area contributed by atoms with Crippen LogP contribution in [0, 0.1) is 5.82 Å². The number of hydrogen-bond acceptors (Lipinski definition) is 4. The van der Waals surface area contributed by atoms with E-state index in [-0.39, 0.29) is 50.2 Å². The number of nitrogens with one attached hydrogen (secondary N) is 1. The van der Waals surface area contributed by atoms with E-state index in [0.29, 0.717) is 11.3 Å². The molecule has 1 N–H and O–H groups in total. The highest BCUT2D eigenvalue weighted by Crippen LogP contribution is 2.20. The number of halogens is 1. The van der Waals surface area contributed by atoms with Gasteiger partial charge in [0.1, 0.15) is 11.9 Å². The lowest BCUT2D eigenvalue weighted by molar-refractivity contribution is -0.141. The smallest absolute Gasteiger partial charge is 0.243 e. The van der Waals surface area contributed by atoms with Gasteiger partial charge in [0.25, 0.3) is 0 Å². The third-order valence-electron chi connectivity index (χ3n) is 6.20. The number of anilines is 1. The minimum absolute atomic E-state index is 0.0203. The van der Waals surface area contributed by atoms with Crippen LogP contribution in [0.15, 0.2) is 84.9 Å². The van der Waals surface area contributed by atoms with E-state index >= 15 is 0 Å². The highest BCUT2D eigenvalue weighted by atomic mass is 32.2. The van der Waals surface area contributed by atoms with Gasteiger partial charge in [-0.1, -0.05) is 66.7 Å². The van der Waals surface area contributed by atoms with Crippen molar-refractivity contribution in [2.24, 2.45) is 0 Å². The predicted octanol–water partition coefficient (Wildman–Crippen LogP) is 4.54. The number of rotatable bonds is 13. The van der Waals surface area contributed by atoms with Crippen molar-refractivity contribution in [2.45, 2.75) is 51.7 Å². The van der Waals surface area contributed by atoms with Gasteiger partial charge in [-0.05, 0) is 44.0 Å². The molecule has 1 atom stereocenters. The number of carbonyl (C=O) groups is 2. The highest BCUT2D eigenvalue weighted by Gasteiger charge is 2.31. The molecule has 0 aliphatic heterocycles. The molecule has 7 nitrogen and oxygen atoms in total. The van der Waals surface area contributed by atoms with E-state index in [1.165, 1.54) is 15.3 Å². The molecule has 0 fully saturated rings. The number of nitrogens with zero attached hydrogens (tertiary/aromatic N) is 2. The maximum atomic E-state index is 14.7. The first-order chi connectivity index (χ1) is 18.6. The summed E-state index contributed by atoms with van der Waals surface area (Å²) >= 11 is 0. The average Bonchev–Trinajstić information content (AvgIpc) is 2.89. The lowest BCUT2D eigenvalue weighted by Crippen LogP contribution is -2.52. The number of carbonyl (C=O) groups excluding carboxylic acids is 2. The van der Waals surface area contributed by atoms with E-state index < -0.39 is 21.9 Å². The van der Waals surface area contributed by atoms with Crippen LogP contribution in [0.25, 0.3) is 0 Å². The second-order valence-electron chi connectivity index (χ2n) is 9.76. The Bertz CT molecular complexity index is 1330. The molecule has 208 valence electrons. The summed E-state index contributed by atoms with van der Waals surface area (Å²) in [6, 6.07) is 23.2. The second-order valence-corrected chi connectivity index (χ2v) is 11.7. The molecule has 0 saturated carbocycles. The van der Waals surface area contributed by atoms with E-state index in [4.69, 9.17) is 0 Å². The summed E-state index contributed by atoms with van der Waals surface area (Å²) < 4.78 is 40.9. The van der Waals surface area contributed by atoms with Gasteiger partial charge in [-0.25, -0.2) is 12.8 Å². The molecule has 3 aromatic carbocycles. The van der Waals surface area contributed by atoms with Crippen LogP contribution >= 0.6 is 0 Å². The summed E-state index contributed by atoms with van der Waals surface area (Å²) in [5.74, 6) is -1.16. The van der Waals surface area contributed by atoms with Crippen molar-refractivity contribution in [3.8, 4) is 0 Å². The Morgan fingerprint density at radius 2 is 1.49 bits per heavy atom. The molecular weight excluding hydrogens is 517 g/mol. The number of para-hydroxylation sites is 1. The van der Waals surface area contributed by atoms with Crippen LogP contribution in [0.4, 0.5) is 10.1 Å². The summed E-state index contributed by atoms with van der Waals surface area (Å²) in [4.78, 5) is 28.5. The van der Waals surface area contributed by atoms with Gasteiger partial charge in [-0.3, -0.25) is 13.9 Å². The Hall–Kier alpha value is -3.72. The van der Waals surface area contributed by atoms with E-state index in [1.807, 2.05) is 44.2 Å². The van der Waals surface area contributed by atoms with Crippen LogP contribution in [-0.2, 0) is 32.6 Å². The van der Waals surface area contributed by atoms with Crippen molar-refractivity contribution in [3.63, 3.8) is 0 Å². The topological polar surface area (TPSA) is 86.8 Å². The quantitative estimate of drug-likeness (QED) is 0.337. The molecule has 39 heavy (non-hydrogen) atoms. The van der Waals surface area contributed by atoms with Crippen molar-refractivity contribution in [1.29, 1.82) is 0 Å². The first kappa shape index (κ1) is 29.8. The van der Waals surface area contributed by atoms with E-state index in [0.717, 1.165) is 11.8 Å². The Labute approximate surface area is 230 Å². The number of benzene rings is 3. The fourth-order valence-electron chi connectivity index (χ4n) is 4.34. The maximum absolute atomic E-state index is 14.7. The lowest BCUT2D eigenvalue weighted by atomic mass is 10.0. The van der Waals surface area contributed by atoms with Crippen LogP contribution < -0.4 is 9.62 Å². The van der Waals surface area contributed by atoms with Gasteiger partial charge in [0, 0.05) is 37.5 Å². The van der Waals surface area contributed by atoms with Gasteiger partial charge in [-0.2, -0.15) is 0 Å². The Morgan fingerprint density at radius 1 is 0.897 bits per heavy atom. The van der Waals surface area contributed by atoms with Gasteiger partial charge in [0.2, 0.25) is 21.8 Å². The highest BCUT2D eigenvalue weighted by molar-refractivity contribution is 7.92. The van der Waals surface area contributed by atoms with Gasteiger partial charge in [0.05, 0.1) is 11.9 Å². The first-order valence-corrected chi connectivity index (χ1v) is 14.8. The maximum Gasteiger partial charge on any atom is 0.243 e. The van der Waals surface area contributed by atoms with E-state index in [1.54, 1.807) is 48.5 Å². The van der Waals surface area contributed by atoms with Gasteiger partial charge < -0.3 is 10.2 Å².